The lowest BCUT2D eigenvalue weighted by molar-refractivity contribution is 0.102. The third-order valence-electron chi connectivity index (χ3n) is 2.80. The highest BCUT2D eigenvalue weighted by molar-refractivity contribution is 9.10. The lowest BCUT2D eigenvalue weighted by Gasteiger charge is -2.11. The smallest absolute Gasteiger partial charge is 0.262 e. The number of hydrogen-bond donors (Lipinski definition) is 1. The molecule has 0 atom stereocenters. The SMILES string of the molecule is COc1cccc(F)c1C(=O)Nc1ccc(C)cc1Br. The number of aryl methyl sites for hydroxylation is 1. The van der Waals surface area contributed by atoms with Crippen LogP contribution < -0.4 is 10.1 Å². The van der Waals surface area contributed by atoms with E-state index >= 15 is 0 Å². The van der Waals surface area contributed by atoms with Crippen molar-refractivity contribution >= 4 is 27.5 Å². The number of anilines is 1. The predicted octanol–water partition coefficient (Wildman–Crippen LogP) is 4.16. The van der Waals surface area contributed by atoms with Gasteiger partial charge in [0.25, 0.3) is 5.91 Å². The largest absolute Gasteiger partial charge is 0.496 e. The van der Waals surface area contributed by atoms with Gasteiger partial charge in [-0.2, -0.15) is 0 Å². The molecule has 1 N–H and O–H groups in total. The highest BCUT2D eigenvalue weighted by Crippen LogP contribution is 2.26. The van der Waals surface area contributed by atoms with E-state index in [2.05, 4.69) is 21.2 Å². The van der Waals surface area contributed by atoms with Crippen molar-refractivity contribution in [1.82, 2.24) is 0 Å². The number of rotatable bonds is 3. The molecule has 0 saturated heterocycles. The fourth-order valence-electron chi connectivity index (χ4n) is 1.80. The van der Waals surface area contributed by atoms with Crippen molar-refractivity contribution in [3.63, 3.8) is 0 Å². The van der Waals surface area contributed by atoms with E-state index in [1.807, 2.05) is 19.1 Å². The van der Waals surface area contributed by atoms with Crippen LogP contribution in [0.25, 0.3) is 0 Å². The van der Waals surface area contributed by atoms with E-state index in [-0.39, 0.29) is 11.3 Å². The molecule has 2 rings (SSSR count). The van der Waals surface area contributed by atoms with Crippen LogP contribution in [0, 0.1) is 12.7 Å². The zero-order valence-electron chi connectivity index (χ0n) is 11.0. The van der Waals surface area contributed by atoms with E-state index in [1.165, 1.54) is 19.2 Å². The van der Waals surface area contributed by atoms with E-state index in [9.17, 15) is 9.18 Å². The third kappa shape index (κ3) is 2.99. The molecule has 1 amide bonds. The van der Waals surface area contributed by atoms with Gasteiger partial charge in [-0.1, -0.05) is 12.1 Å². The molecule has 104 valence electrons. The molecule has 5 heteroatoms. The fourth-order valence-corrected chi connectivity index (χ4v) is 2.39. The van der Waals surface area contributed by atoms with Gasteiger partial charge in [-0.05, 0) is 52.7 Å². The van der Waals surface area contributed by atoms with Crippen LogP contribution in [0.5, 0.6) is 5.75 Å². The van der Waals surface area contributed by atoms with Crippen LogP contribution in [-0.2, 0) is 0 Å². The zero-order valence-corrected chi connectivity index (χ0v) is 12.6. The number of carbonyl (C=O) groups is 1. The number of carbonyl (C=O) groups excluding carboxylic acids is 1. The Labute approximate surface area is 124 Å². The van der Waals surface area contributed by atoms with Crippen molar-refractivity contribution in [2.45, 2.75) is 6.92 Å². The Balaban J connectivity index is 2.33. The summed E-state index contributed by atoms with van der Waals surface area (Å²) in [6.45, 7) is 1.94. The summed E-state index contributed by atoms with van der Waals surface area (Å²) in [6, 6.07) is 9.74. The Morgan fingerprint density at radius 2 is 2.05 bits per heavy atom. The number of methoxy groups -OCH3 is 1. The van der Waals surface area contributed by atoms with Gasteiger partial charge in [-0.3, -0.25) is 4.79 Å². The van der Waals surface area contributed by atoms with Gasteiger partial charge >= 0.3 is 0 Å². The molecule has 0 bridgehead atoms. The molecule has 20 heavy (non-hydrogen) atoms. The van der Waals surface area contributed by atoms with Gasteiger partial charge < -0.3 is 10.1 Å². The average molecular weight is 338 g/mol. The summed E-state index contributed by atoms with van der Waals surface area (Å²) in [5.74, 6) is -0.972. The van der Waals surface area contributed by atoms with Gasteiger partial charge in [-0.15, -0.1) is 0 Å². The van der Waals surface area contributed by atoms with Crippen LogP contribution in [0.3, 0.4) is 0 Å². The zero-order chi connectivity index (χ0) is 14.7. The fraction of sp³-hybridized carbons (Fsp3) is 0.133. The molecule has 0 aliphatic carbocycles. The monoisotopic (exact) mass is 337 g/mol. The second-order valence-electron chi connectivity index (χ2n) is 4.25. The van der Waals surface area contributed by atoms with Crippen LogP contribution in [0.15, 0.2) is 40.9 Å². The predicted molar refractivity (Wildman–Crippen MR) is 79.8 cm³/mol. The Kier molecular flexibility index (Phi) is 4.39. The van der Waals surface area contributed by atoms with Crippen LogP contribution in [0.4, 0.5) is 10.1 Å². The molecule has 2 aromatic rings. The number of ether oxygens (including phenoxy) is 1. The Bertz CT molecular complexity index is 658. The number of nitrogens with one attached hydrogen (secondary N) is 1. The third-order valence-corrected chi connectivity index (χ3v) is 3.45. The molecule has 0 fully saturated rings. The molecule has 2 aromatic carbocycles. The maximum absolute atomic E-state index is 13.8. The lowest BCUT2D eigenvalue weighted by atomic mass is 10.1. The number of amides is 1. The van der Waals surface area contributed by atoms with E-state index in [1.54, 1.807) is 12.1 Å². The summed E-state index contributed by atoms with van der Waals surface area (Å²) in [7, 11) is 1.40. The topological polar surface area (TPSA) is 38.3 Å². The quantitative estimate of drug-likeness (QED) is 0.913. The molecular formula is C15H13BrFNO2. The standard InChI is InChI=1S/C15H13BrFNO2/c1-9-6-7-12(10(16)8-9)18-15(19)14-11(17)4-3-5-13(14)20-2/h3-8H,1-2H3,(H,18,19). The van der Waals surface area contributed by atoms with Gasteiger partial charge in [0.2, 0.25) is 0 Å². The summed E-state index contributed by atoms with van der Waals surface area (Å²) in [6.07, 6.45) is 0. The van der Waals surface area contributed by atoms with E-state index < -0.39 is 11.7 Å². The Hall–Kier alpha value is -1.88. The van der Waals surface area contributed by atoms with E-state index in [0.717, 1.165) is 10.0 Å². The molecule has 0 spiro atoms. The molecule has 0 aliphatic heterocycles. The Morgan fingerprint density at radius 3 is 2.70 bits per heavy atom. The van der Waals surface area contributed by atoms with E-state index in [0.29, 0.717) is 5.69 Å². The highest BCUT2D eigenvalue weighted by atomic mass is 79.9. The molecule has 0 aliphatic rings. The van der Waals surface area contributed by atoms with Crippen molar-refractivity contribution in [1.29, 1.82) is 0 Å². The first-order valence-electron chi connectivity index (χ1n) is 5.93. The van der Waals surface area contributed by atoms with Gasteiger partial charge in [0.05, 0.1) is 12.8 Å². The van der Waals surface area contributed by atoms with Crippen LogP contribution in [-0.4, -0.2) is 13.0 Å². The molecule has 0 saturated carbocycles. The lowest BCUT2D eigenvalue weighted by Crippen LogP contribution is -2.15. The molecule has 3 nitrogen and oxygen atoms in total. The van der Waals surface area contributed by atoms with Crippen LogP contribution in [0.2, 0.25) is 0 Å². The molecular weight excluding hydrogens is 325 g/mol. The normalized spacial score (nSPS) is 10.2. The summed E-state index contributed by atoms with van der Waals surface area (Å²) in [5, 5.41) is 2.66. The maximum Gasteiger partial charge on any atom is 0.262 e. The van der Waals surface area contributed by atoms with Gasteiger partial charge in [-0.25, -0.2) is 4.39 Å². The molecule has 0 aromatic heterocycles. The Morgan fingerprint density at radius 1 is 1.30 bits per heavy atom. The van der Waals surface area contributed by atoms with Crippen molar-refractivity contribution in [2.75, 3.05) is 12.4 Å². The van der Waals surface area contributed by atoms with Gasteiger partial charge in [0, 0.05) is 4.47 Å². The first-order chi connectivity index (χ1) is 9.52. The highest BCUT2D eigenvalue weighted by Gasteiger charge is 2.18. The second kappa shape index (κ2) is 6.05. The minimum atomic E-state index is -0.620. The minimum Gasteiger partial charge on any atom is -0.496 e. The summed E-state index contributed by atoms with van der Waals surface area (Å²) < 4.78 is 19.6. The second-order valence-corrected chi connectivity index (χ2v) is 5.11. The van der Waals surface area contributed by atoms with Gasteiger partial charge in [0.15, 0.2) is 0 Å². The van der Waals surface area contributed by atoms with Crippen LogP contribution >= 0.6 is 15.9 Å². The maximum atomic E-state index is 13.8. The van der Waals surface area contributed by atoms with E-state index in [4.69, 9.17) is 4.74 Å². The molecule has 0 radical (unpaired) electrons. The van der Waals surface area contributed by atoms with Crippen LogP contribution in [0.1, 0.15) is 15.9 Å². The number of benzene rings is 2. The van der Waals surface area contributed by atoms with Crippen molar-refractivity contribution in [3.05, 3.63) is 57.8 Å². The van der Waals surface area contributed by atoms with Crippen molar-refractivity contribution in [3.8, 4) is 5.75 Å². The number of halogens is 2. The van der Waals surface area contributed by atoms with Gasteiger partial charge in [0.1, 0.15) is 17.1 Å². The first kappa shape index (κ1) is 14.5. The van der Waals surface area contributed by atoms with Crippen molar-refractivity contribution < 1.29 is 13.9 Å². The van der Waals surface area contributed by atoms with Crippen molar-refractivity contribution in [2.24, 2.45) is 0 Å². The summed E-state index contributed by atoms with van der Waals surface area (Å²) >= 11 is 3.36. The average Bonchev–Trinajstić information content (AvgIpc) is 2.41. The number of hydrogen-bond acceptors (Lipinski definition) is 2. The first-order valence-corrected chi connectivity index (χ1v) is 6.72. The summed E-state index contributed by atoms with van der Waals surface area (Å²) in [4.78, 5) is 12.2. The minimum absolute atomic E-state index is 0.109. The molecule has 0 unspecified atom stereocenters. The summed E-state index contributed by atoms with van der Waals surface area (Å²) in [5.41, 5.74) is 1.52. The molecule has 0 heterocycles.